The van der Waals surface area contributed by atoms with E-state index in [1.807, 2.05) is 0 Å². The minimum atomic E-state index is 0.519. The lowest BCUT2D eigenvalue weighted by molar-refractivity contribution is 0.308. The van der Waals surface area contributed by atoms with Crippen molar-refractivity contribution in [2.24, 2.45) is 11.7 Å². The number of hydrogen-bond acceptors (Lipinski definition) is 1. The molecule has 1 unspecified atom stereocenters. The fraction of sp³-hybridized carbons (Fsp3) is 0.556. The molecule has 2 aromatic rings. The fourth-order valence-electron chi connectivity index (χ4n) is 4.08. The first-order valence-corrected chi connectivity index (χ1v) is 8.00. The number of aromatic amines is 1. The van der Waals surface area contributed by atoms with Crippen molar-refractivity contribution in [2.45, 2.75) is 51.9 Å². The van der Waals surface area contributed by atoms with Crippen molar-refractivity contribution in [1.29, 1.82) is 0 Å². The van der Waals surface area contributed by atoms with Crippen LogP contribution in [0.4, 0.5) is 0 Å². The van der Waals surface area contributed by atoms with Gasteiger partial charge in [0.2, 0.25) is 0 Å². The predicted octanol–water partition coefficient (Wildman–Crippen LogP) is 4.41. The highest BCUT2D eigenvalue weighted by Gasteiger charge is 2.27. The van der Waals surface area contributed by atoms with Gasteiger partial charge in [-0.15, -0.1) is 0 Å². The molecule has 3 N–H and O–H groups in total. The Labute approximate surface area is 121 Å². The van der Waals surface area contributed by atoms with Gasteiger partial charge >= 0.3 is 0 Å². The molecule has 108 valence electrons. The molecule has 1 aromatic carbocycles. The monoisotopic (exact) mass is 270 g/mol. The molecular weight excluding hydrogens is 244 g/mol. The second-order valence-corrected chi connectivity index (χ2v) is 6.40. The molecule has 2 heteroatoms. The molecule has 0 saturated heterocycles. The van der Waals surface area contributed by atoms with Crippen LogP contribution in [-0.4, -0.2) is 11.5 Å². The fourth-order valence-corrected chi connectivity index (χ4v) is 4.08. The molecule has 3 rings (SSSR count). The summed E-state index contributed by atoms with van der Waals surface area (Å²) in [6, 6.07) is 6.61. The summed E-state index contributed by atoms with van der Waals surface area (Å²) >= 11 is 0. The Kier molecular flexibility index (Phi) is 3.84. The van der Waals surface area contributed by atoms with Crippen LogP contribution < -0.4 is 5.73 Å². The predicted molar refractivity (Wildman–Crippen MR) is 86.1 cm³/mol. The summed E-state index contributed by atoms with van der Waals surface area (Å²) in [7, 11) is 0. The third-order valence-corrected chi connectivity index (χ3v) is 5.12. The first-order valence-electron chi connectivity index (χ1n) is 8.00. The molecule has 1 aliphatic rings. The van der Waals surface area contributed by atoms with E-state index in [4.69, 9.17) is 5.73 Å². The van der Waals surface area contributed by atoms with Gasteiger partial charge in [0.05, 0.1) is 0 Å². The summed E-state index contributed by atoms with van der Waals surface area (Å²) in [5.74, 6) is 1.29. The lowest BCUT2D eigenvalue weighted by atomic mass is 9.76. The molecule has 0 bridgehead atoms. The Morgan fingerprint density at radius 3 is 2.65 bits per heavy atom. The third-order valence-electron chi connectivity index (χ3n) is 5.12. The van der Waals surface area contributed by atoms with Crippen molar-refractivity contribution in [1.82, 2.24) is 4.98 Å². The van der Waals surface area contributed by atoms with E-state index in [1.165, 1.54) is 59.8 Å². The highest BCUT2D eigenvalue weighted by Crippen LogP contribution is 2.40. The average molecular weight is 270 g/mol. The lowest BCUT2D eigenvalue weighted by Gasteiger charge is -2.30. The largest absolute Gasteiger partial charge is 0.358 e. The number of hydrogen-bond donors (Lipinski definition) is 2. The Morgan fingerprint density at radius 2 is 1.95 bits per heavy atom. The minimum absolute atomic E-state index is 0.519. The van der Waals surface area contributed by atoms with Crippen LogP contribution in [0.25, 0.3) is 10.9 Å². The molecule has 2 nitrogen and oxygen atoms in total. The number of H-pyrrole nitrogens is 1. The topological polar surface area (TPSA) is 41.8 Å². The Bertz CT molecular complexity index is 591. The number of fused-ring (bicyclic) bond motifs is 1. The quantitative estimate of drug-likeness (QED) is 0.852. The van der Waals surface area contributed by atoms with Crippen molar-refractivity contribution in [3.63, 3.8) is 0 Å². The zero-order valence-corrected chi connectivity index (χ0v) is 12.7. The van der Waals surface area contributed by atoms with E-state index < -0.39 is 0 Å². The summed E-state index contributed by atoms with van der Waals surface area (Å²) in [5.41, 5.74) is 11.6. The summed E-state index contributed by atoms with van der Waals surface area (Å²) in [6.07, 6.45) is 6.85. The number of aromatic nitrogens is 1. The van der Waals surface area contributed by atoms with Gasteiger partial charge in [0.25, 0.3) is 0 Å². The smallest absolute Gasteiger partial charge is 0.0488 e. The Balaban J connectivity index is 2.06. The highest BCUT2D eigenvalue weighted by molar-refractivity contribution is 5.87. The first kappa shape index (κ1) is 13.7. The summed E-state index contributed by atoms with van der Waals surface area (Å²) in [6.45, 7) is 5.16. The van der Waals surface area contributed by atoms with Crippen LogP contribution in [0.2, 0.25) is 0 Å². The van der Waals surface area contributed by atoms with Crippen molar-refractivity contribution >= 4 is 10.9 Å². The first-order chi connectivity index (χ1) is 9.72. The SMILES string of the molecule is Cc1[nH]c2c(C)cccc2c1C(CN)C1CCCCC1. The standard InChI is InChI=1S/C18H26N2/c1-12-7-6-10-15-17(13(2)20-18(12)15)16(11-19)14-8-4-3-5-9-14/h6-7,10,14,16,20H,3-5,8-9,11,19H2,1-2H3. The van der Waals surface area contributed by atoms with E-state index in [0.717, 1.165) is 12.5 Å². The molecule has 1 aromatic heterocycles. The number of aryl methyl sites for hydroxylation is 2. The maximum atomic E-state index is 6.18. The van der Waals surface area contributed by atoms with Crippen molar-refractivity contribution in [3.05, 3.63) is 35.0 Å². The van der Waals surface area contributed by atoms with Gasteiger partial charge in [-0.1, -0.05) is 37.5 Å². The molecule has 20 heavy (non-hydrogen) atoms. The van der Waals surface area contributed by atoms with Crippen LogP contribution in [-0.2, 0) is 0 Å². The number of nitrogens with one attached hydrogen (secondary N) is 1. The Morgan fingerprint density at radius 1 is 1.20 bits per heavy atom. The van der Waals surface area contributed by atoms with E-state index in [0.29, 0.717) is 5.92 Å². The highest BCUT2D eigenvalue weighted by atomic mass is 14.7. The van der Waals surface area contributed by atoms with E-state index in [2.05, 4.69) is 37.0 Å². The average Bonchev–Trinajstić information content (AvgIpc) is 2.80. The minimum Gasteiger partial charge on any atom is -0.358 e. The van der Waals surface area contributed by atoms with Crippen LogP contribution >= 0.6 is 0 Å². The van der Waals surface area contributed by atoms with Gasteiger partial charge in [-0.3, -0.25) is 0 Å². The van der Waals surface area contributed by atoms with Gasteiger partial charge in [0.15, 0.2) is 0 Å². The molecule has 1 atom stereocenters. The molecule has 0 spiro atoms. The number of para-hydroxylation sites is 1. The normalized spacial score (nSPS) is 18.6. The van der Waals surface area contributed by atoms with Crippen molar-refractivity contribution < 1.29 is 0 Å². The summed E-state index contributed by atoms with van der Waals surface area (Å²) < 4.78 is 0. The molecule has 1 saturated carbocycles. The van der Waals surface area contributed by atoms with Gasteiger partial charge in [-0.25, -0.2) is 0 Å². The van der Waals surface area contributed by atoms with Gasteiger partial charge in [0.1, 0.15) is 0 Å². The Hall–Kier alpha value is -1.28. The zero-order chi connectivity index (χ0) is 14.1. The maximum Gasteiger partial charge on any atom is 0.0488 e. The molecular formula is C18H26N2. The third kappa shape index (κ3) is 2.26. The second-order valence-electron chi connectivity index (χ2n) is 6.40. The van der Waals surface area contributed by atoms with Crippen molar-refractivity contribution in [2.75, 3.05) is 6.54 Å². The molecule has 1 fully saturated rings. The van der Waals surface area contributed by atoms with E-state index >= 15 is 0 Å². The maximum absolute atomic E-state index is 6.18. The lowest BCUT2D eigenvalue weighted by Crippen LogP contribution is -2.24. The number of benzene rings is 1. The van der Waals surface area contributed by atoms with Crippen LogP contribution in [0.15, 0.2) is 18.2 Å². The second kappa shape index (κ2) is 5.61. The van der Waals surface area contributed by atoms with Crippen molar-refractivity contribution in [3.8, 4) is 0 Å². The molecule has 1 aliphatic carbocycles. The van der Waals surface area contributed by atoms with Crippen LogP contribution in [0.3, 0.4) is 0 Å². The van der Waals surface area contributed by atoms with Crippen LogP contribution in [0.5, 0.6) is 0 Å². The number of nitrogens with two attached hydrogens (primary N) is 1. The molecule has 0 radical (unpaired) electrons. The van der Waals surface area contributed by atoms with E-state index in [-0.39, 0.29) is 0 Å². The van der Waals surface area contributed by atoms with Gasteiger partial charge in [0, 0.05) is 22.5 Å². The molecule has 0 aliphatic heterocycles. The summed E-state index contributed by atoms with van der Waals surface area (Å²) in [4.78, 5) is 3.59. The number of rotatable bonds is 3. The van der Waals surface area contributed by atoms with E-state index in [9.17, 15) is 0 Å². The van der Waals surface area contributed by atoms with Gasteiger partial charge in [-0.2, -0.15) is 0 Å². The molecule has 1 heterocycles. The van der Waals surface area contributed by atoms with Crippen LogP contribution in [0, 0.1) is 19.8 Å². The van der Waals surface area contributed by atoms with Gasteiger partial charge < -0.3 is 10.7 Å². The molecule has 0 amide bonds. The zero-order valence-electron chi connectivity index (χ0n) is 12.7. The van der Waals surface area contributed by atoms with E-state index in [1.54, 1.807) is 0 Å². The van der Waals surface area contributed by atoms with Crippen LogP contribution in [0.1, 0.15) is 54.8 Å². The summed E-state index contributed by atoms with van der Waals surface area (Å²) in [5, 5.41) is 1.39. The van der Waals surface area contributed by atoms with Gasteiger partial charge in [-0.05, 0) is 50.3 Å².